The van der Waals surface area contributed by atoms with Crippen molar-refractivity contribution >= 4 is 17.6 Å². The third kappa shape index (κ3) is 3.67. The van der Waals surface area contributed by atoms with Gasteiger partial charge in [0.25, 0.3) is 0 Å². The first-order valence-corrected chi connectivity index (χ1v) is 5.19. The molecule has 0 aliphatic rings. The summed E-state index contributed by atoms with van der Waals surface area (Å²) in [5.74, 6) is -0.950. The number of carbonyl (C=O) groups is 1. The van der Waals surface area contributed by atoms with Crippen molar-refractivity contribution in [3.05, 3.63) is 30.3 Å². The third-order valence-electron chi connectivity index (χ3n) is 2.22. The van der Waals surface area contributed by atoms with E-state index in [1.165, 1.54) is 0 Å². The molecule has 16 heavy (non-hydrogen) atoms. The summed E-state index contributed by atoms with van der Waals surface area (Å²) in [4.78, 5) is 11.0. The van der Waals surface area contributed by atoms with E-state index in [9.17, 15) is 9.90 Å². The summed E-state index contributed by atoms with van der Waals surface area (Å²) in [7, 11) is 0. The molecule has 5 heteroatoms. The molecule has 0 fully saturated rings. The monoisotopic (exact) mass is 250 g/mol. The van der Waals surface area contributed by atoms with E-state index in [1.807, 2.05) is 6.07 Å². The number of hydrogen-bond donors (Lipinski definition) is 0. The van der Waals surface area contributed by atoms with Gasteiger partial charge in [-0.2, -0.15) is 0 Å². The number of halogens is 1. The number of aliphatic carboxylic acids is 1. The normalized spacial score (nSPS) is 13.4. The molecule has 1 aromatic rings. The second-order valence-corrected chi connectivity index (χ2v) is 3.45. The minimum absolute atomic E-state index is 0. The van der Waals surface area contributed by atoms with E-state index in [4.69, 9.17) is 16.3 Å². The van der Waals surface area contributed by atoms with Gasteiger partial charge in [0, 0.05) is 0 Å². The van der Waals surface area contributed by atoms with Gasteiger partial charge in [0.05, 0.1) is 11.8 Å². The molecule has 1 rings (SSSR count). The van der Waals surface area contributed by atoms with Gasteiger partial charge in [0.2, 0.25) is 0 Å². The van der Waals surface area contributed by atoms with E-state index in [0.29, 0.717) is 5.75 Å². The number of benzene rings is 1. The molecule has 1 aromatic carbocycles. The number of alkyl halides is 1. The Kier molecular flexibility index (Phi) is 7.07. The summed E-state index contributed by atoms with van der Waals surface area (Å²) < 4.78 is 5.37. The maximum Gasteiger partial charge on any atom is 1.00 e. The van der Waals surface area contributed by atoms with Crippen molar-refractivity contribution in [2.24, 2.45) is 0 Å². The Hall–Kier alpha value is -0.220. The Labute approximate surface area is 122 Å². The molecular formula is C11H12ClNaO3. The number of ether oxygens (including phenoxy) is 1. The van der Waals surface area contributed by atoms with Crippen LogP contribution in [-0.4, -0.2) is 17.5 Å². The first-order valence-electron chi connectivity index (χ1n) is 4.66. The zero-order valence-corrected chi connectivity index (χ0v) is 12.2. The Morgan fingerprint density at radius 1 is 1.44 bits per heavy atom. The topological polar surface area (TPSA) is 49.4 Å². The van der Waals surface area contributed by atoms with Crippen molar-refractivity contribution < 1.29 is 44.2 Å². The Morgan fingerprint density at radius 2 is 2.00 bits per heavy atom. The molecule has 0 amide bonds. The second-order valence-electron chi connectivity index (χ2n) is 3.18. The van der Waals surface area contributed by atoms with Crippen LogP contribution in [0, 0.1) is 0 Å². The first-order chi connectivity index (χ1) is 7.14. The van der Waals surface area contributed by atoms with Crippen LogP contribution >= 0.6 is 11.6 Å². The van der Waals surface area contributed by atoms with Crippen LogP contribution in [0.5, 0.6) is 5.75 Å². The molecule has 0 aromatic heterocycles. The number of carboxylic acid groups (broad SMARTS) is 1. The fourth-order valence-electron chi connectivity index (χ4n) is 1.15. The molecular weight excluding hydrogens is 239 g/mol. The van der Waals surface area contributed by atoms with Gasteiger partial charge in [-0.15, -0.1) is 11.6 Å². The third-order valence-corrected chi connectivity index (χ3v) is 2.65. The van der Waals surface area contributed by atoms with Crippen LogP contribution in [0.4, 0.5) is 0 Å². The molecule has 0 spiro atoms. The summed E-state index contributed by atoms with van der Waals surface area (Å²) in [6.45, 7) is 1.70. The maximum absolute atomic E-state index is 11.0. The van der Waals surface area contributed by atoms with Gasteiger partial charge >= 0.3 is 29.6 Å². The van der Waals surface area contributed by atoms with Gasteiger partial charge in [0.1, 0.15) is 5.75 Å². The quantitative estimate of drug-likeness (QED) is 0.458. The van der Waals surface area contributed by atoms with Crippen LogP contribution in [0.25, 0.3) is 0 Å². The van der Waals surface area contributed by atoms with E-state index >= 15 is 0 Å². The van der Waals surface area contributed by atoms with Crippen LogP contribution in [0.15, 0.2) is 30.3 Å². The van der Waals surface area contributed by atoms with E-state index in [2.05, 4.69) is 0 Å². The molecule has 0 aliphatic heterocycles. The Morgan fingerprint density at radius 3 is 2.38 bits per heavy atom. The summed E-state index contributed by atoms with van der Waals surface area (Å²) in [5.41, 5.74) is -1.44. The van der Waals surface area contributed by atoms with E-state index in [-0.39, 0.29) is 41.9 Å². The van der Waals surface area contributed by atoms with E-state index in [0.717, 1.165) is 0 Å². The summed E-state index contributed by atoms with van der Waals surface area (Å²) >= 11 is 5.62. The molecule has 0 aliphatic carbocycles. The largest absolute Gasteiger partial charge is 1.00 e. The number of hydrogen-bond acceptors (Lipinski definition) is 3. The number of carbonyl (C=O) groups excluding carboxylic acids is 1. The summed E-state index contributed by atoms with van der Waals surface area (Å²) in [5, 5.41) is 11.0. The molecule has 1 unspecified atom stereocenters. The SMILES string of the molecule is CCC(CCl)(Oc1ccccc1)C(=O)[O-].[Na+]. The van der Waals surface area contributed by atoms with Crippen LogP contribution in [0.2, 0.25) is 0 Å². The molecule has 82 valence electrons. The van der Waals surface area contributed by atoms with Crippen molar-refractivity contribution in [3.63, 3.8) is 0 Å². The maximum atomic E-state index is 11.0. The molecule has 0 saturated heterocycles. The van der Waals surface area contributed by atoms with Crippen LogP contribution < -0.4 is 39.4 Å². The summed E-state index contributed by atoms with van der Waals surface area (Å²) in [6.07, 6.45) is 0.258. The minimum atomic E-state index is -1.44. The average Bonchev–Trinajstić information content (AvgIpc) is 2.27. The van der Waals surface area contributed by atoms with Crippen LogP contribution in [-0.2, 0) is 4.79 Å². The number of rotatable bonds is 5. The molecule has 0 saturated carbocycles. The minimum Gasteiger partial charge on any atom is -0.546 e. The van der Waals surface area contributed by atoms with Crippen molar-refractivity contribution in [2.45, 2.75) is 18.9 Å². The molecule has 3 nitrogen and oxygen atoms in total. The molecule has 0 bridgehead atoms. The Balaban J connectivity index is 0.00000225. The average molecular weight is 251 g/mol. The number of para-hydroxylation sites is 1. The van der Waals surface area contributed by atoms with Gasteiger partial charge in [-0.05, 0) is 18.6 Å². The van der Waals surface area contributed by atoms with Gasteiger partial charge in [0.15, 0.2) is 5.60 Å². The fourth-order valence-corrected chi connectivity index (χ4v) is 1.50. The van der Waals surface area contributed by atoms with E-state index < -0.39 is 11.6 Å². The first kappa shape index (κ1) is 15.8. The molecule has 0 N–H and O–H groups in total. The van der Waals surface area contributed by atoms with Crippen LogP contribution in [0.3, 0.4) is 0 Å². The standard InChI is InChI=1S/C11H13ClO3.Na/c1-2-11(8-12,10(13)14)15-9-6-4-3-5-7-9;/h3-7H,2,8H2,1H3,(H,13,14);/q;+1/p-1. The van der Waals surface area contributed by atoms with Gasteiger partial charge < -0.3 is 14.6 Å². The van der Waals surface area contributed by atoms with Crippen molar-refractivity contribution in [2.75, 3.05) is 5.88 Å². The van der Waals surface area contributed by atoms with Gasteiger partial charge in [-0.25, -0.2) is 0 Å². The molecule has 0 radical (unpaired) electrons. The van der Waals surface area contributed by atoms with E-state index in [1.54, 1.807) is 31.2 Å². The number of carboxylic acids is 1. The molecule has 0 heterocycles. The van der Waals surface area contributed by atoms with Crippen molar-refractivity contribution in [3.8, 4) is 5.75 Å². The predicted octanol–water partition coefficient (Wildman–Crippen LogP) is -1.79. The zero-order valence-electron chi connectivity index (χ0n) is 9.40. The smallest absolute Gasteiger partial charge is 0.546 e. The second kappa shape index (κ2) is 7.17. The zero-order chi connectivity index (χ0) is 11.3. The van der Waals surface area contributed by atoms with Crippen molar-refractivity contribution in [1.82, 2.24) is 0 Å². The fraction of sp³-hybridized carbons (Fsp3) is 0.364. The van der Waals surface area contributed by atoms with Crippen molar-refractivity contribution in [1.29, 1.82) is 0 Å². The van der Waals surface area contributed by atoms with Crippen LogP contribution in [0.1, 0.15) is 13.3 Å². The molecule has 1 atom stereocenters. The summed E-state index contributed by atoms with van der Waals surface area (Å²) in [6, 6.07) is 8.71. The van der Waals surface area contributed by atoms with Gasteiger partial charge in [-0.3, -0.25) is 0 Å². The van der Waals surface area contributed by atoms with Gasteiger partial charge in [-0.1, -0.05) is 25.1 Å². The Bertz CT molecular complexity index is 325. The predicted molar refractivity (Wildman–Crippen MR) is 55.8 cm³/mol.